The number of anilines is 1. The van der Waals surface area contributed by atoms with Crippen LogP contribution in [0.3, 0.4) is 0 Å². The van der Waals surface area contributed by atoms with Gasteiger partial charge in [0.1, 0.15) is 5.82 Å². The molecule has 0 aromatic carbocycles. The molecule has 2 rings (SSSR count). The lowest BCUT2D eigenvalue weighted by atomic mass is 9.87. The first-order valence-electron chi connectivity index (χ1n) is 6.30. The van der Waals surface area contributed by atoms with Crippen molar-refractivity contribution in [2.75, 3.05) is 11.9 Å². The summed E-state index contributed by atoms with van der Waals surface area (Å²) in [5, 5.41) is 0.344. The molecule has 1 aliphatic carbocycles. The third-order valence-electron chi connectivity index (χ3n) is 3.71. The third-order valence-corrected chi connectivity index (χ3v) is 3.88. The zero-order valence-corrected chi connectivity index (χ0v) is 11.5. The molecule has 94 valence electrons. The molecule has 3 nitrogen and oxygen atoms in total. The number of rotatable bonds is 2. The topological polar surface area (TPSA) is 29.0 Å². The summed E-state index contributed by atoms with van der Waals surface area (Å²) < 4.78 is 0. The lowest BCUT2D eigenvalue weighted by molar-refractivity contribution is 0.340. The minimum absolute atomic E-state index is 0.344. The molecular weight excluding hydrogens is 234 g/mol. The summed E-state index contributed by atoms with van der Waals surface area (Å²) in [4.78, 5) is 10.7. The van der Waals surface area contributed by atoms with Crippen molar-refractivity contribution >= 4 is 17.4 Å². The van der Waals surface area contributed by atoms with Crippen molar-refractivity contribution in [1.82, 2.24) is 9.97 Å². The Balaban J connectivity index is 2.10. The molecule has 1 fully saturated rings. The number of hydrogen-bond acceptors (Lipinski definition) is 3. The van der Waals surface area contributed by atoms with E-state index in [4.69, 9.17) is 11.6 Å². The molecule has 0 N–H and O–H groups in total. The fraction of sp³-hybridized carbons (Fsp3) is 0.692. The van der Waals surface area contributed by atoms with E-state index in [2.05, 4.69) is 28.8 Å². The summed E-state index contributed by atoms with van der Waals surface area (Å²) in [5.41, 5.74) is 0.927. The first kappa shape index (κ1) is 12.6. The van der Waals surface area contributed by atoms with Crippen LogP contribution in [-0.2, 0) is 0 Å². The van der Waals surface area contributed by atoms with Crippen LogP contribution in [0.4, 0.5) is 5.82 Å². The second-order valence-electron chi connectivity index (χ2n) is 5.16. The van der Waals surface area contributed by atoms with Crippen LogP contribution in [0.15, 0.2) is 6.07 Å². The first-order valence-corrected chi connectivity index (χ1v) is 6.68. The fourth-order valence-corrected chi connectivity index (χ4v) is 2.73. The number of nitrogens with zero attached hydrogens (tertiary/aromatic N) is 3. The van der Waals surface area contributed by atoms with Crippen molar-refractivity contribution in [3.05, 3.63) is 17.0 Å². The van der Waals surface area contributed by atoms with Crippen LogP contribution in [0.1, 0.15) is 38.3 Å². The molecule has 4 heteroatoms. The van der Waals surface area contributed by atoms with Gasteiger partial charge in [-0.05, 0) is 50.1 Å². The number of aryl methyl sites for hydroxylation is 1. The van der Waals surface area contributed by atoms with Crippen molar-refractivity contribution in [2.24, 2.45) is 5.92 Å². The summed E-state index contributed by atoms with van der Waals surface area (Å²) in [6.07, 6.45) is 5.12. The Morgan fingerprint density at radius 2 is 1.88 bits per heavy atom. The molecule has 0 radical (unpaired) electrons. The molecule has 1 aromatic heterocycles. The predicted octanol–water partition coefficient (Wildman–Crippen LogP) is 3.45. The molecule has 1 aliphatic rings. The third kappa shape index (κ3) is 3.09. The SMILES string of the molecule is Cc1cc(N(C)C2CCC(C)CC2)nc(Cl)n1. The summed E-state index contributed by atoms with van der Waals surface area (Å²) in [6.45, 7) is 4.29. The van der Waals surface area contributed by atoms with E-state index in [9.17, 15) is 0 Å². The molecule has 1 aromatic rings. The summed E-state index contributed by atoms with van der Waals surface area (Å²) in [5.74, 6) is 1.82. The average molecular weight is 254 g/mol. The van der Waals surface area contributed by atoms with E-state index >= 15 is 0 Å². The van der Waals surface area contributed by atoms with Crippen molar-refractivity contribution in [2.45, 2.75) is 45.6 Å². The van der Waals surface area contributed by atoms with Crippen molar-refractivity contribution in [3.63, 3.8) is 0 Å². The predicted molar refractivity (Wildman–Crippen MR) is 71.6 cm³/mol. The molecular formula is C13H20ClN3. The Labute approximate surface area is 108 Å². The van der Waals surface area contributed by atoms with Gasteiger partial charge in [-0.2, -0.15) is 0 Å². The van der Waals surface area contributed by atoms with Gasteiger partial charge >= 0.3 is 0 Å². The monoisotopic (exact) mass is 253 g/mol. The smallest absolute Gasteiger partial charge is 0.224 e. The lowest BCUT2D eigenvalue weighted by Crippen LogP contribution is -2.35. The molecule has 0 amide bonds. The minimum Gasteiger partial charge on any atom is -0.357 e. The van der Waals surface area contributed by atoms with Gasteiger partial charge in [-0.3, -0.25) is 0 Å². The maximum atomic E-state index is 5.91. The molecule has 0 unspecified atom stereocenters. The van der Waals surface area contributed by atoms with Crippen LogP contribution < -0.4 is 4.90 Å². The van der Waals surface area contributed by atoms with Crippen LogP contribution >= 0.6 is 11.6 Å². The van der Waals surface area contributed by atoms with Gasteiger partial charge in [0, 0.05) is 24.8 Å². The molecule has 0 aliphatic heterocycles. The molecule has 17 heavy (non-hydrogen) atoms. The number of hydrogen-bond donors (Lipinski definition) is 0. The summed E-state index contributed by atoms with van der Waals surface area (Å²) in [6, 6.07) is 2.60. The largest absolute Gasteiger partial charge is 0.357 e. The minimum atomic E-state index is 0.344. The van der Waals surface area contributed by atoms with Crippen molar-refractivity contribution < 1.29 is 0 Å². The Morgan fingerprint density at radius 1 is 1.24 bits per heavy atom. The van der Waals surface area contributed by atoms with Gasteiger partial charge in [0.05, 0.1) is 0 Å². The normalized spacial score (nSPS) is 24.7. The van der Waals surface area contributed by atoms with Crippen molar-refractivity contribution in [3.8, 4) is 0 Å². The van der Waals surface area contributed by atoms with Gasteiger partial charge < -0.3 is 4.90 Å². The Bertz CT molecular complexity index is 366. The highest BCUT2D eigenvalue weighted by atomic mass is 35.5. The Kier molecular flexibility index (Phi) is 3.87. The van der Waals surface area contributed by atoms with E-state index in [0.29, 0.717) is 11.3 Å². The van der Waals surface area contributed by atoms with Gasteiger partial charge in [-0.15, -0.1) is 0 Å². The van der Waals surface area contributed by atoms with Gasteiger partial charge in [-0.1, -0.05) is 6.92 Å². The number of halogens is 1. The first-order chi connectivity index (χ1) is 8.06. The van der Waals surface area contributed by atoms with E-state index < -0.39 is 0 Å². The Morgan fingerprint density at radius 3 is 2.47 bits per heavy atom. The highest BCUT2D eigenvalue weighted by Crippen LogP contribution is 2.29. The molecule has 0 saturated heterocycles. The zero-order valence-electron chi connectivity index (χ0n) is 10.8. The molecule has 1 heterocycles. The van der Waals surface area contributed by atoms with E-state index in [1.54, 1.807) is 0 Å². The van der Waals surface area contributed by atoms with E-state index in [0.717, 1.165) is 17.4 Å². The maximum absolute atomic E-state index is 5.91. The van der Waals surface area contributed by atoms with Gasteiger partial charge in [0.15, 0.2) is 0 Å². The molecule has 0 atom stereocenters. The van der Waals surface area contributed by atoms with E-state index in [-0.39, 0.29) is 0 Å². The maximum Gasteiger partial charge on any atom is 0.224 e. The second-order valence-corrected chi connectivity index (χ2v) is 5.50. The van der Waals surface area contributed by atoms with Crippen LogP contribution in [0.25, 0.3) is 0 Å². The molecule has 1 saturated carbocycles. The summed E-state index contributed by atoms with van der Waals surface area (Å²) >= 11 is 5.91. The molecule has 0 spiro atoms. The van der Waals surface area contributed by atoms with Gasteiger partial charge in [0.25, 0.3) is 0 Å². The highest BCUT2D eigenvalue weighted by Gasteiger charge is 2.22. The highest BCUT2D eigenvalue weighted by molar-refractivity contribution is 6.28. The second kappa shape index (κ2) is 5.21. The van der Waals surface area contributed by atoms with Gasteiger partial charge in [0.2, 0.25) is 5.28 Å². The van der Waals surface area contributed by atoms with Crippen LogP contribution in [-0.4, -0.2) is 23.1 Å². The lowest BCUT2D eigenvalue weighted by Gasteiger charge is -2.34. The quantitative estimate of drug-likeness (QED) is 0.756. The average Bonchev–Trinajstić information content (AvgIpc) is 2.28. The molecule has 0 bridgehead atoms. The van der Waals surface area contributed by atoms with Crippen molar-refractivity contribution in [1.29, 1.82) is 0 Å². The standard InChI is InChI=1S/C13H20ClN3/c1-9-4-6-11(7-5-9)17(3)12-8-10(2)15-13(14)16-12/h8-9,11H,4-7H2,1-3H3. The number of aromatic nitrogens is 2. The van der Waals surface area contributed by atoms with E-state index in [1.807, 2.05) is 13.0 Å². The van der Waals surface area contributed by atoms with E-state index in [1.165, 1.54) is 25.7 Å². The van der Waals surface area contributed by atoms with Crippen LogP contribution in [0, 0.1) is 12.8 Å². The van der Waals surface area contributed by atoms with Crippen LogP contribution in [0.5, 0.6) is 0 Å². The summed E-state index contributed by atoms with van der Waals surface area (Å²) in [7, 11) is 2.11. The Hall–Kier alpha value is -0.830. The van der Waals surface area contributed by atoms with Gasteiger partial charge in [-0.25, -0.2) is 9.97 Å². The fourth-order valence-electron chi connectivity index (χ4n) is 2.51. The van der Waals surface area contributed by atoms with Crippen LogP contribution in [0.2, 0.25) is 5.28 Å². The zero-order chi connectivity index (χ0) is 12.4.